The van der Waals surface area contributed by atoms with E-state index in [4.69, 9.17) is 11.6 Å². The monoisotopic (exact) mass is 341 g/mol. The molecule has 0 radical (unpaired) electrons. The Labute approximate surface area is 127 Å². The van der Waals surface area contributed by atoms with Gasteiger partial charge in [-0.15, -0.1) is 11.3 Å². The summed E-state index contributed by atoms with van der Waals surface area (Å²) >= 11 is 8.04. The lowest BCUT2D eigenvalue weighted by molar-refractivity contribution is -0.540. The minimum atomic E-state index is 0. The maximum Gasteiger partial charge on any atom is 0.172 e. The van der Waals surface area contributed by atoms with E-state index in [1.807, 2.05) is 29.5 Å². The number of rotatable bonds is 2. The summed E-state index contributed by atoms with van der Waals surface area (Å²) in [4.78, 5) is 1.50. The first-order valence-electron chi connectivity index (χ1n) is 5.71. The summed E-state index contributed by atoms with van der Waals surface area (Å²) in [5.74, 6) is 0. The lowest BCUT2D eigenvalue weighted by Crippen LogP contribution is -3.00. The topological polar surface area (TPSA) is 3.01 Å². The van der Waals surface area contributed by atoms with Gasteiger partial charge in [0.2, 0.25) is 0 Å². The Bertz CT molecular complexity index is 577. The van der Waals surface area contributed by atoms with Gasteiger partial charge in [-0.25, -0.2) is 4.58 Å². The van der Waals surface area contributed by atoms with Gasteiger partial charge in [0.1, 0.15) is 6.54 Å². The molecule has 1 aromatic heterocycles. The van der Waals surface area contributed by atoms with E-state index in [-0.39, 0.29) is 17.0 Å². The predicted octanol–water partition coefficient (Wildman–Crippen LogP) is 0.593. The maximum absolute atomic E-state index is 6.18. The van der Waals surface area contributed by atoms with Crippen molar-refractivity contribution in [2.45, 2.75) is 13.0 Å². The van der Waals surface area contributed by atoms with Crippen LogP contribution in [0, 0.1) is 0 Å². The Hall–Kier alpha value is -0.640. The Morgan fingerprint density at radius 1 is 1.22 bits per heavy atom. The van der Waals surface area contributed by atoms with Crippen molar-refractivity contribution in [3.63, 3.8) is 0 Å². The molecule has 0 amide bonds. The third-order valence-corrected chi connectivity index (χ3v) is 4.42. The van der Waals surface area contributed by atoms with E-state index < -0.39 is 0 Å². The largest absolute Gasteiger partial charge is 1.00 e. The number of hydrogen-bond donors (Lipinski definition) is 0. The van der Waals surface area contributed by atoms with Crippen LogP contribution in [0.4, 0.5) is 0 Å². The summed E-state index contributed by atoms with van der Waals surface area (Å²) in [6, 6.07) is 10.3. The molecule has 0 unspecified atom stereocenters. The fraction of sp³-hybridized carbons (Fsp3) is 0.214. The Kier molecular flexibility index (Phi) is 4.60. The molecule has 1 aliphatic rings. The molecule has 1 nitrogen and oxygen atoms in total. The molecule has 18 heavy (non-hydrogen) atoms. The second kappa shape index (κ2) is 6.00. The first-order chi connectivity index (χ1) is 8.33. The first-order valence-corrected chi connectivity index (χ1v) is 6.97. The minimum Gasteiger partial charge on any atom is -1.00 e. The summed E-state index contributed by atoms with van der Waals surface area (Å²) in [7, 11) is 0. The third kappa shape index (κ3) is 2.85. The molecule has 2 aromatic rings. The van der Waals surface area contributed by atoms with Crippen LogP contribution in [-0.4, -0.2) is 17.3 Å². The number of halogens is 2. The maximum atomic E-state index is 6.18. The van der Waals surface area contributed by atoms with Crippen molar-refractivity contribution in [3.8, 4) is 0 Å². The van der Waals surface area contributed by atoms with E-state index in [2.05, 4.69) is 28.3 Å². The Balaban J connectivity index is 0.00000120. The number of fused-ring (bicyclic) bond motifs is 1. The zero-order valence-electron chi connectivity index (χ0n) is 9.77. The van der Waals surface area contributed by atoms with Crippen molar-refractivity contribution in [1.82, 2.24) is 0 Å². The summed E-state index contributed by atoms with van der Waals surface area (Å²) in [6.45, 7) is 1.98. The molecule has 0 fully saturated rings. The number of thiophene rings is 1. The standard InChI is InChI=1S/C14H13ClNS.BrH/c15-13-4-2-1-3-11(13)9-16-7-5-14-12(10-16)6-8-17-14;/h1-4,6,8,10H,5,7,9H2;1H/q+1;/p-1. The Morgan fingerprint density at radius 3 is 2.89 bits per heavy atom. The molecule has 0 bridgehead atoms. The fourth-order valence-electron chi connectivity index (χ4n) is 2.15. The van der Waals surface area contributed by atoms with E-state index in [0.29, 0.717) is 0 Å². The normalized spacial score (nSPS) is 13.5. The van der Waals surface area contributed by atoms with Crippen molar-refractivity contribution >= 4 is 29.2 Å². The quantitative estimate of drug-likeness (QED) is 0.703. The highest BCUT2D eigenvalue weighted by Crippen LogP contribution is 2.21. The average molecular weight is 343 g/mol. The smallest absolute Gasteiger partial charge is 0.172 e. The second-order valence-corrected chi connectivity index (χ2v) is 5.65. The first kappa shape index (κ1) is 13.8. The average Bonchev–Trinajstić information content (AvgIpc) is 2.79. The summed E-state index contributed by atoms with van der Waals surface area (Å²) in [6.07, 6.45) is 3.40. The van der Waals surface area contributed by atoms with Crippen LogP contribution in [0.3, 0.4) is 0 Å². The molecule has 0 spiro atoms. The molecule has 0 aliphatic carbocycles. The highest BCUT2D eigenvalue weighted by atomic mass is 79.9. The van der Waals surface area contributed by atoms with Crippen LogP contribution >= 0.6 is 22.9 Å². The number of nitrogens with zero attached hydrogens (tertiary/aromatic N) is 1. The predicted molar refractivity (Wildman–Crippen MR) is 73.5 cm³/mol. The summed E-state index contributed by atoms with van der Waals surface area (Å²) in [5, 5.41) is 3.03. The molecule has 4 heteroatoms. The van der Waals surface area contributed by atoms with E-state index >= 15 is 0 Å². The highest BCUT2D eigenvalue weighted by Gasteiger charge is 2.17. The van der Waals surface area contributed by atoms with Gasteiger partial charge in [-0.05, 0) is 17.5 Å². The van der Waals surface area contributed by atoms with Gasteiger partial charge in [-0.2, -0.15) is 0 Å². The molecule has 2 heterocycles. The van der Waals surface area contributed by atoms with Gasteiger partial charge in [-0.1, -0.05) is 29.8 Å². The number of benzene rings is 1. The number of hydrogen-bond acceptors (Lipinski definition) is 1. The SMILES string of the molecule is Clc1ccccc1C[N+]1=Cc2ccsc2CC1.[Br-]. The molecular formula is C14H13BrClNS. The van der Waals surface area contributed by atoms with E-state index in [9.17, 15) is 0 Å². The van der Waals surface area contributed by atoms with E-state index in [0.717, 1.165) is 24.5 Å². The highest BCUT2D eigenvalue weighted by molar-refractivity contribution is 7.10. The van der Waals surface area contributed by atoms with Gasteiger partial charge >= 0.3 is 0 Å². The van der Waals surface area contributed by atoms with Crippen LogP contribution in [0.1, 0.15) is 16.0 Å². The molecule has 0 saturated heterocycles. The van der Waals surface area contributed by atoms with Crippen molar-refractivity contribution in [2.24, 2.45) is 0 Å². The van der Waals surface area contributed by atoms with Gasteiger partial charge in [0.25, 0.3) is 0 Å². The van der Waals surface area contributed by atoms with Crippen LogP contribution < -0.4 is 17.0 Å². The molecule has 1 aromatic carbocycles. The fourth-order valence-corrected chi connectivity index (χ4v) is 3.19. The molecule has 3 rings (SSSR count). The Morgan fingerprint density at radius 2 is 2.06 bits per heavy atom. The lowest BCUT2D eigenvalue weighted by Gasteiger charge is -2.09. The van der Waals surface area contributed by atoms with Crippen LogP contribution in [-0.2, 0) is 13.0 Å². The molecular weight excluding hydrogens is 330 g/mol. The van der Waals surface area contributed by atoms with Crippen LogP contribution in [0.5, 0.6) is 0 Å². The summed E-state index contributed by atoms with van der Waals surface area (Å²) < 4.78 is 2.34. The molecule has 94 valence electrons. The van der Waals surface area contributed by atoms with Crippen LogP contribution in [0.25, 0.3) is 0 Å². The molecule has 1 aliphatic heterocycles. The molecule has 0 N–H and O–H groups in total. The molecule has 0 saturated carbocycles. The zero-order valence-corrected chi connectivity index (χ0v) is 12.9. The lowest BCUT2D eigenvalue weighted by atomic mass is 10.1. The van der Waals surface area contributed by atoms with Gasteiger partial charge < -0.3 is 17.0 Å². The van der Waals surface area contributed by atoms with Gasteiger partial charge in [0.05, 0.1) is 10.6 Å². The van der Waals surface area contributed by atoms with E-state index in [1.54, 1.807) is 0 Å². The van der Waals surface area contributed by atoms with E-state index in [1.165, 1.54) is 16.0 Å². The minimum absolute atomic E-state index is 0. The van der Waals surface area contributed by atoms with Crippen molar-refractivity contribution in [1.29, 1.82) is 0 Å². The third-order valence-electron chi connectivity index (χ3n) is 3.06. The van der Waals surface area contributed by atoms with Crippen molar-refractivity contribution < 1.29 is 21.6 Å². The zero-order chi connectivity index (χ0) is 11.7. The second-order valence-electron chi connectivity index (χ2n) is 4.24. The van der Waals surface area contributed by atoms with Crippen molar-refractivity contribution in [2.75, 3.05) is 6.54 Å². The van der Waals surface area contributed by atoms with Gasteiger partial charge in [0, 0.05) is 16.9 Å². The van der Waals surface area contributed by atoms with Crippen LogP contribution in [0.2, 0.25) is 5.02 Å². The molecule has 0 atom stereocenters. The van der Waals surface area contributed by atoms with Gasteiger partial charge in [0.15, 0.2) is 12.8 Å². The van der Waals surface area contributed by atoms with Crippen molar-refractivity contribution in [3.05, 3.63) is 56.7 Å². The van der Waals surface area contributed by atoms with Crippen LogP contribution in [0.15, 0.2) is 35.7 Å². The van der Waals surface area contributed by atoms with Gasteiger partial charge in [-0.3, -0.25) is 0 Å². The summed E-state index contributed by atoms with van der Waals surface area (Å²) in [5.41, 5.74) is 2.57.